The predicted octanol–water partition coefficient (Wildman–Crippen LogP) is 4.12. The number of H-pyrrole nitrogens is 1. The number of fused-ring (bicyclic) bond motifs is 1. The van der Waals surface area contributed by atoms with E-state index in [2.05, 4.69) is 44.9 Å². The van der Waals surface area contributed by atoms with Crippen LogP contribution >= 0.6 is 22.7 Å². The Hall–Kier alpha value is -3.01. The number of aromatic nitrogens is 3. The Morgan fingerprint density at radius 2 is 2.06 bits per heavy atom. The van der Waals surface area contributed by atoms with Gasteiger partial charge in [-0.15, -0.1) is 22.7 Å². The summed E-state index contributed by atoms with van der Waals surface area (Å²) >= 11 is 3.21. The number of rotatable bonds is 7. The van der Waals surface area contributed by atoms with Crippen molar-refractivity contribution in [1.82, 2.24) is 25.4 Å². The number of thiophene rings is 1. The molecule has 0 spiro atoms. The van der Waals surface area contributed by atoms with Crippen molar-refractivity contribution < 1.29 is 4.79 Å². The minimum atomic E-state index is -0.0633. The molecule has 1 aliphatic rings. The molecule has 0 bridgehead atoms. The van der Waals surface area contributed by atoms with Gasteiger partial charge < -0.3 is 15.5 Å². The van der Waals surface area contributed by atoms with E-state index in [4.69, 9.17) is 4.98 Å². The Bertz CT molecular complexity index is 1210. The van der Waals surface area contributed by atoms with E-state index < -0.39 is 0 Å². The first-order valence-electron chi connectivity index (χ1n) is 10.5. The van der Waals surface area contributed by atoms with Crippen LogP contribution < -0.4 is 10.6 Å². The molecule has 0 aliphatic carbocycles. The van der Waals surface area contributed by atoms with Crippen LogP contribution in [0.5, 0.6) is 0 Å². The lowest BCUT2D eigenvalue weighted by molar-refractivity contribution is 0.0955. The molecule has 0 saturated carbocycles. The van der Waals surface area contributed by atoms with Crippen LogP contribution in [0.1, 0.15) is 31.4 Å². The molecule has 3 N–H and O–H groups in total. The molecule has 1 aliphatic heterocycles. The molecule has 1 aromatic carbocycles. The predicted molar refractivity (Wildman–Crippen MR) is 129 cm³/mol. The number of benzene rings is 1. The zero-order valence-electron chi connectivity index (χ0n) is 17.7. The van der Waals surface area contributed by atoms with Crippen molar-refractivity contribution in [2.75, 3.05) is 18.9 Å². The van der Waals surface area contributed by atoms with E-state index in [1.165, 1.54) is 27.5 Å². The normalized spacial score (nSPS) is 13.7. The second-order valence-electron chi connectivity index (χ2n) is 7.88. The Kier molecular flexibility index (Phi) is 6.02. The van der Waals surface area contributed by atoms with Gasteiger partial charge in [-0.25, -0.2) is 4.98 Å². The Balaban J connectivity index is 1.16. The molecule has 164 valence electrons. The van der Waals surface area contributed by atoms with Crippen molar-refractivity contribution >= 4 is 33.7 Å². The van der Waals surface area contributed by atoms with E-state index in [1.807, 2.05) is 30.5 Å². The van der Waals surface area contributed by atoms with Gasteiger partial charge in [-0.2, -0.15) is 5.10 Å². The Morgan fingerprint density at radius 3 is 2.91 bits per heavy atom. The number of thiazole rings is 1. The molecule has 4 heterocycles. The number of carbonyl (C=O) groups excluding carboxylic acids is 1. The monoisotopic (exact) mass is 464 g/mol. The van der Waals surface area contributed by atoms with Crippen LogP contribution in [0, 0.1) is 0 Å². The average molecular weight is 465 g/mol. The largest absolute Gasteiger partial charge is 0.357 e. The van der Waals surface area contributed by atoms with Gasteiger partial charge in [0, 0.05) is 54.1 Å². The maximum absolute atomic E-state index is 12.6. The smallest absolute Gasteiger partial charge is 0.261 e. The van der Waals surface area contributed by atoms with Crippen LogP contribution in [0.4, 0.5) is 5.13 Å². The van der Waals surface area contributed by atoms with Crippen molar-refractivity contribution in [2.24, 2.45) is 0 Å². The second-order valence-corrected chi connectivity index (χ2v) is 10.1. The highest BCUT2D eigenvalue weighted by atomic mass is 32.1. The van der Waals surface area contributed by atoms with Gasteiger partial charge in [-0.3, -0.25) is 9.89 Å². The third-order valence-corrected chi connectivity index (χ3v) is 7.60. The van der Waals surface area contributed by atoms with Crippen LogP contribution in [0.3, 0.4) is 0 Å². The van der Waals surface area contributed by atoms with Crippen LogP contribution in [0.2, 0.25) is 0 Å². The summed E-state index contributed by atoms with van der Waals surface area (Å²) in [5, 5.41) is 14.2. The molecule has 0 atom stereocenters. The molecule has 7 nitrogen and oxygen atoms in total. The topological polar surface area (TPSA) is 85.9 Å². The van der Waals surface area contributed by atoms with E-state index >= 15 is 0 Å². The number of nitrogens with zero attached hydrogens (tertiary/aromatic N) is 3. The van der Waals surface area contributed by atoms with Crippen molar-refractivity contribution in [3.8, 4) is 10.4 Å². The Labute approximate surface area is 194 Å². The summed E-state index contributed by atoms with van der Waals surface area (Å²) in [5.74, 6) is -0.0633. The SMILES string of the molecule is CN1CCc2nc(NCc3cccc(CNC(=O)c4ccc(-c5cn[nH]c5)s4)c3)sc2C1. The van der Waals surface area contributed by atoms with Gasteiger partial charge in [-0.1, -0.05) is 24.3 Å². The standard InChI is InChI=1S/C23H24N6OS2/c1-29-8-7-18-21(14-29)32-23(28-18)25-11-16-4-2-3-15(9-16)10-24-22(30)20-6-5-19(31-20)17-12-26-27-13-17/h2-6,9,12-13H,7-8,10-11,14H2,1H3,(H,24,30)(H,25,28)(H,26,27). The van der Waals surface area contributed by atoms with Crippen molar-refractivity contribution in [3.05, 3.63) is 75.4 Å². The van der Waals surface area contributed by atoms with E-state index in [-0.39, 0.29) is 5.91 Å². The third-order valence-electron chi connectivity index (χ3n) is 5.42. The number of aromatic amines is 1. The van der Waals surface area contributed by atoms with Gasteiger partial charge in [0.05, 0.1) is 16.8 Å². The molecule has 4 aromatic rings. The molecule has 32 heavy (non-hydrogen) atoms. The zero-order valence-corrected chi connectivity index (χ0v) is 19.4. The quantitative estimate of drug-likeness (QED) is 0.383. The van der Waals surface area contributed by atoms with E-state index in [1.54, 1.807) is 17.5 Å². The maximum Gasteiger partial charge on any atom is 0.261 e. The number of anilines is 1. The summed E-state index contributed by atoms with van der Waals surface area (Å²) in [6, 6.07) is 12.1. The van der Waals surface area contributed by atoms with Crippen LogP contribution in [0.15, 0.2) is 48.8 Å². The van der Waals surface area contributed by atoms with Crippen LogP contribution in [-0.2, 0) is 26.1 Å². The summed E-state index contributed by atoms with van der Waals surface area (Å²) in [7, 11) is 2.15. The number of likely N-dealkylation sites (N-methyl/N-ethyl adjacent to an activating group) is 1. The van der Waals surface area contributed by atoms with Gasteiger partial charge in [0.2, 0.25) is 0 Å². The number of nitrogens with one attached hydrogen (secondary N) is 3. The molecule has 5 rings (SSSR count). The first kappa shape index (κ1) is 20.9. The fourth-order valence-electron chi connectivity index (χ4n) is 3.70. The van der Waals surface area contributed by atoms with Crippen molar-refractivity contribution in [1.29, 1.82) is 0 Å². The van der Waals surface area contributed by atoms with Gasteiger partial charge in [-0.05, 0) is 30.3 Å². The number of hydrogen-bond donors (Lipinski definition) is 3. The van der Waals surface area contributed by atoms with Crippen molar-refractivity contribution in [3.63, 3.8) is 0 Å². The highest BCUT2D eigenvalue weighted by molar-refractivity contribution is 7.17. The van der Waals surface area contributed by atoms with Gasteiger partial charge >= 0.3 is 0 Å². The fraction of sp³-hybridized carbons (Fsp3) is 0.261. The molecule has 1 amide bonds. The molecule has 0 unspecified atom stereocenters. The maximum atomic E-state index is 12.6. The molecular weight excluding hydrogens is 440 g/mol. The fourth-order valence-corrected chi connectivity index (χ4v) is 5.68. The average Bonchev–Trinajstić information content (AvgIpc) is 3.56. The minimum absolute atomic E-state index is 0.0633. The number of carbonyl (C=O) groups is 1. The van der Waals surface area contributed by atoms with Gasteiger partial charge in [0.25, 0.3) is 5.91 Å². The highest BCUT2D eigenvalue weighted by Gasteiger charge is 2.18. The molecule has 3 aromatic heterocycles. The minimum Gasteiger partial charge on any atom is -0.357 e. The molecule has 0 saturated heterocycles. The molecule has 0 radical (unpaired) electrons. The molecular formula is C23H24N6OS2. The number of amides is 1. The lowest BCUT2D eigenvalue weighted by Crippen LogP contribution is -2.25. The third kappa shape index (κ3) is 4.74. The first-order chi connectivity index (χ1) is 15.6. The summed E-state index contributed by atoms with van der Waals surface area (Å²) in [5.41, 5.74) is 4.46. The summed E-state index contributed by atoms with van der Waals surface area (Å²) in [6.07, 6.45) is 4.60. The van der Waals surface area contributed by atoms with Gasteiger partial charge in [0.15, 0.2) is 5.13 Å². The summed E-state index contributed by atoms with van der Waals surface area (Å²) in [6.45, 7) is 3.25. The molecule has 0 fully saturated rings. The van der Waals surface area contributed by atoms with Gasteiger partial charge in [0.1, 0.15) is 0 Å². The summed E-state index contributed by atoms with van der Waals surface area (Å²) in [4.78, 5) is 22.7. The highest BCUT2D eigenvalue weighted by Crippen LogP contribution is 2.28. The van der Waals surface area contributed by atoms with E-state index in [9.17, 15) is 4.79 Å². The lowest BCUT2D eigenvalue weighted by Gasteiger charge is -2.20. The lowest BCUT2D eigenvalue weighted by atomic mass is 10.1. The zero-order chi connectivity index (χ0) is 21.9. The Morgan fingerprint density at radius 1 is 1.19 bits per heavy atom. The molecule has 9 heteroatoms. The van der Waals surface area contributed by atoms with Crippen LogP contribution in [0.25, 0.3) is 10.4 Å². The van der Waals surface area contributed by atoms with E-state index in [0.717, 1.165) is 40.6 Å². The number of hydrogen-bond acceptors (Lipinski definition) is 7. The van der Waals surface area contributed by atoms with Crippen LogP contribution in [-0.4, -0.2) is 39.6 Å². The first-order valence-corrected chi connectivity index (χ1v) is 12.1. The summed E-state index contributed by atoms with van der Waals surface area (Å²) < 4.78 is 0. The van der Waals surface area contributed by atoms with E-state index in [0.29, 0.717) is 18.0 Å². The van der Waals surface area contributed by atoms with Crippen molar-refractivity contribution in [2.45, 2.75) is 26.1 Å². The second kappa shape index (κ2) is 9.23.